The van der Waals surface area contributed by atoms with Gasteiger partial charge in [0.1, 0.15) is 10.8 Å². The topological polar surface area (TPSA) is 24.9 Å². The van der Waals surface area contributed by atoms with Crippen LogP contribution in [0, 0.1) is 5.82 Å². The minimum Gasteiger partial charge on any atom is -0.304 e. The third-order valence-electron chi connectivity index (χ3n) is 3.55. The van der Waals surface area contributed by atoms with Crippen LogP contribution in [0.25, 0.3) is 0 Å². The summed E-state index contributed by atoms with van der Waals surface area (Å²) in [5, 5.41) is 6.31. The molecule has 1 N–H and O–H groups in total. The monoisotopic (exact) mass is 276 g/mol. The smallest absolute Gasteiger partial charge is 0.127 e. The van der Waals surface area contributed by atoms with Gasteiger partial charge in [-0.15, -0.1) is 11.3 Å². The van der Waals surface area contributed by atoms with Crippen molar-refractivity contribution < 1.29 is 4.39 Å². The van der Waals surface area contributed by atoms with Gasteiger partial charge in [-0.1, -0.05) is 12.1 Å². The van der Waals surface area contributed by atoms with Gasteiger partial charge in [0.25, 0.3) is 0 Å². The molecule has 0 spiro atoms. The lowest BCUT2D eigenvalue weighted by atomic mass is 10.1. The maximum Gasteiger partial charge on any atom is 0.127 e. The largest absolute Gasteiger partial charge is 0.304 e. The Bertz CT molecular complexity index is 549. The summed E-state index contributed by atoms with van der Waals surface area (Å²) in [6.45, 7) is 2.59. The first-order chi connectivity index (χ1) is 9.24. The molecule has 1 aromatic heterocycles. The molecule has 1 atom stereocenters. The fourth-order valence-corrected chi connectivity index (χ4v) is 2.85. The van der Waals surface area contributed by atoms with Crippen LogP contribution < -0.4 is 5.32 Å². The van der Waals surface area contributed by atoms with Crippen LogP contribution in [-0.4, -0.2) is 4.98 Å². The summed E-state index contributed by atoms with van der Waals surface area (Å²) in [6.07, 6.45) is 4.21. The molecule has 2 nitrogen and oxygen atoms in total. The number of benzene rings is 1. The average molecular weight is 276 g/mol. The average Bonchev–Trinajstić information content (AvgIpc) is 3.11. The van der Waals surface area contributed by atoms with Crippen molar-refractivity contribution >= 4 is 11.3 Å². The second-order valence-corrected chi connectivity index (χ2v) is 6.02. The highest BCUT2D eigenvalue weighted by molar-refractivity contribution is 7.09. The molecule has 1 heterocycles. The van der Waals surface area contributed by atoms with E-state index in [-0.39, 0.29) is 11.9 Å². The molecule has 4 heteroatoms. The lowest BCUT2D eigenvalue weighted by molar-refractivity contribution is 0.542. The molecule has 19 heavy (non-hydrogen) atoms. The number of aromatic nitrogens is 1. The Balaban J connectivity index is 1.63. The molecular formula is C15H17FN2S. The van der Waals surface area contributed by atoms with E-state index in [1.54, 1.807) is 23.6 Å². The van der Waals surface area contributed by atoms with Gasteiger partial charge in [0.15, 0.2) is 0 Å². The summed E-state index contributed by atoms with van der Waals surface area (Å²) in [6, 6.07) is 5.82. The van der Waals surface area contributed by atoms with Gasteiger partial charge >= 0.3 is 0 Å². The van der Waals surface area contributed by atoms with E-state index in [0.717, 1.165) is 16.1 Å². The molecule has 0 saturated heterocycles. The third-order valence-corrected chi connectivity index (χ3v) is 4.50. The molecule has 1 aromatic carbocycles. The van der Waals surface area contributed by atoms with Crippen molar-refractivity contribution in [2.24, 2.45) is 0 Å². The number of hydrogen-bond acceptors (Lipinski definition) is 3. The fraction of sp³-hybridized carbons (Fsp3) is 0.400. The van der Waals surface area contributed by atoms with Gasteiger partial charge in [-0.2, -0.15) is 0 Å². The van der Waals surface area contributed by atoms with Crippen molar-refractivity contribution in [2.45, 2.75) is 38.3 Å². The summed E-state index contributed by atoms with van der Waals surface area (Å²) in [5.41, 5.74) is 1.88. The highest BCUT2D eigenvalue weighted by atomic mass is 32.1. The van der Waals surface area contributed by atoms with Crippen molar-refractivity contribution in [1.29, 1.82) is 0 Å². The molecule has 100 valence electrons. The van der Waals surface area contributed by atoms with Crippen molar-refractivity contribution in [3.05, 3.63) is 51.7 Å². The van der Waals surface area contributed by atoms with E-state index >= 15 is 0 Å². The Morgan fingerprint density at radius 1 is 1.47 bits per heavy atom. The van der Waals surface area contributed by atoms with E-state index in [0.29, 0.717) is 12.5 Å². The molecular weight excluding hydrogens is 259 g/mol. The van der Waals surface area contributed by atoms with E-state index in [4.69, 9.17) is 0 Å². The summed E-state index contributed by atoms with van der Waals surface area (Å²) in [5.74, 6) is 0.508. The second kappa shape index (κ2) is 5.39. The predicted molar refractivity (Wildman–Crippen MR) is 75.7 cm³/mol. The quantitative estimate of drug-likeness (QED) is 0.892. The molecule has 0 radical (unpaired) electrons. The van der Waals surface area contributed by atoms with Crippen LogP contribution in [0.15, 0.2) is 29.8 Å². The van der Waals surface area contributed by atoms with Gasteiger partial charge in [0.05, 0.1) is 6.04 Å². The minimum absolute atomic E-state index is 0.0942. The number of hydrogen-bond donors (Lipinski definition) is 1. The van der Waals surface area contributed by atoms with Crippen LogP contribution in [0.2, 0.25) is 0 Å². The number of nitrogens with one attached hydrogen (secondary N) is 1. The molecule has 0 amide bonds. The zero-order valence-corrected chi connectivity index (χ0v) is 11.7. The van der Waals surface area contributed by atoms with Crippen LogP contribution in [0.1, 0.15) is 47.9 Å². The summed E-state index contributed by atoms with van der Waals surface area (Å²) in [4.78, 5) is 4.26. The molecule has 1 aliphatic rings. The molecule has 0 aliphatic heterocycles. The third kappa shape index (κ3) is 3.01. The number of thiazole rings is 1. The molecule has 2 aromatic rings. The first-order valence-electron chi connectivity index (χ1n) is 6.65. The van der Waals surface area contributed by atoms with Gasteiger partial charge in [-0.05, 0) is 37.3 Å². The van der Waals surface area contributed by atoms with E-state index in [1.807, 2.05) is 11.4 Å². The summed E-state index contributed by atoms with van der Waals surface area (Å²) >= 11 is 1.62. The van der Waals surface area contributed by atoms with E-state index in [1.165, 1.54) is 12.8 Å². The van der Waals surface area contributed by atoms with Crippen LogP contribution in [-0.2, 0) is 6.54 Å². The second-order valence-electron chi connectivity index (χ2n) is 5.10. The van der Waals surface area contributed by atoms with E-state index in [2.05, 4.69) is 23.3 Å². The van der Waals surface area contributed by atoms with Crippen LogP contribution in [0.4, 0.5) is 4.39 Å². The lowest BCUT2D eigenvalue weighted by Crippen LogP contribution is -2.18. The Morgan fingerprint density at radius 2 is 2.32 bits per heavy atom. The van der Waals surface area contributed by atoms with Gasteiger partial charge in [0.2, 0.25) is 0 Å². The normalized spacial score (nSPS) is 16.5. The number of halogens is 1. The Morgan fingerprint density at radius 3 is 2.95 bits per heavy atom. The van der Waals surface area contributed by atoms with Gasteiger partial charge in [-0.25, -0.2) is 9.37 Å². The summed E-state index contributed by atoms with van der Waals surface area (Å²) < 4.78 is 14.0. The first-order valence-corrected chi connectivity index (χ1v) is 7.53. The van der Waals surface area contributed by atoms with Crippen LogP contribution >= 0.6 is 11.3 Å². The zero-order chi connectivity index (χ0) is 13.2. The Kier molecular flexibility index (Phi) is 3.62. The van der Waals surface area contributed by atoms with Crippen molar-refractivity contribution in [3.63, 3.8) is 0 Å². The predicted octanol–water partition coefficient (Wildman–Crippen LogP) is 4.01. The van der Waals surface area contributed by atoms with Gasteiger partial charge in [0, 0.05) is 23.7 Å². The fourth-order valence-electron chi connectivity index (χ4n) is 2.18. The molecule has 1 saturated carbocycles. The maximum atomic E-state index is 14.0. The number of nitrogens with zero attached hydrogens (tertiary/aromatic N) is 1. The van der Waals surface area contributed by atoms with Crippen molar-refractivity contribution in [2.75, 3.05) is 0 Å². The standard InChI is InChI=1S/C15H17FN2S/c1-10(15-17-6-7-19-15)18-9-13-5-4-12(8-14(13)16)11-2-3-11/h4-8,10-11,18H,2-3,9H2,1H3/t10-/m0/s1. The van der Waals surface area contributed by atoms with E-state index in [9.17, 15) is 4.39 Å². The molecule has 0 unspecified atom stereocenters. The molecule has 1 fully saturated rings. The van der Waals surface area contributed by atoms with Gasteiger partial charge < -0.3 is 5.32 Å². The van der Waals surface area contributed by atoms with Crippen molar-refractivity contribution in [1.82, 2.24) is 10.3 Å². The highest BCUT2D eigenvalue weighted by Crippen LogP contribution is 2.40. The van der Waals surface area contributed by atoms with Gasteiger partial charge in [-0.3, -0.25) is 0 Å². The molecule has 1 aliphatic carbocycles. The van der Waals surface area contributed by atoms with Crippen LogP contribution in [0.3, 0.4) is 0 Å². The van der Waals surface area contributed by atoms with Crippen molar-refractivity contribution in [3.8, 4) is 0 Å². The van der Waals surface area contributed by atoms with Crippen LogP contribution in [0.5, 0.6) is 0 Å². The zero-order valence-electron chi connectivity index (χ0n) is 10.9. The SMILES string of the molecule is C[C@H](NCc1ccc(C2CC2)cc1F)c1nccs1. The minimum atomic E-state index is -0.0942. The first kappa shape index (κ1) is 12.8. The highest BCUT2D eigenvalue weighted by Gasteiger charge is 2.24. The Labute approximate surface area is 116 Å². The molecule has 0 bridgehead atoms. The lowest BCUT2D eigenvalue weighted by Gasteiger charge is -2.12. The molecule has 3 rings (SSSR count). The summed E-state index contributed by atoms with van der Waals surface area (Å²) in [7, 11) is 0. The Hall–Kier alpha value is -1.26. The maximum absolute atomic E-state index is 14.0. The van der Waals surface area contributed by atoms with E-state index < -0.39 is 0 Å². The number of rotatable bonds is 5.